The molecule has 3 rings (SSSR count). The van der Waals surface area contributed by atoms with E-state index in [1.54, 1.807) is 0 Å². The molecule has 0 amide bonds. The van der Waals surface area contributed by atoms with Gasteiger partial charge in [-0.1, -0.05) is 30.2 Å². The van der Waals surface area contributed by atoms with Crippen molar-refractivity contribution < 1.29 is 21.4 Å². The molecule has 0 spiro atoms. The number of hydrogen-bond donors (Lipinski definition) is 0. The van der Waals surface area contributed by atoms with E-state index < -0.39 is 52.1 Å². The van der Waals surface area contributed by atoms with Crippen molar-refractivity contribution in [3.05, 3.63) is 72.6 Å². The molecule has 2 heterocycles. The van der Waals surface area contributed by atoms with Crippen LogP contribution in [0.3, 0.4) is 0 Å². The molecule has 110 valence electrons. The molecule has 6 heteroatoms. The molecule has 1 aromatic carbocycles. The van der Waals surface area contributed by atoms with Crippen LogP contribution in [0.2, 0.25) is 0 Å². The minimum absolute atomic E-state index is 0.233. The lowest BCUT2D eigenvalue weighted by Crippen LogP contribution is -2.13. The number of aromatic nitrogens is 2. The summed E-state index contributed by atoms with van der Waals surface area (Å²) in [7, 11) is -4.32. The smallest absolute Gasteiger partial charge is 0.269 e. The summed E-state index contributed by atoms with van der Waals surface area (Å²) in [6.45, 7) is 0. The van der Waals surface area contributed by atoms with E-state index in [-0.39, 0.29) is 16.2 Å². The number of aldehydes is 1. The highest BCUT2D eigenvalue weighted by atomic mass is 32.2. The summed E-state index contributed by atoms with van der Waals surface area (Å²) in [6, 6.07) is 0.461. The van der Waals surface area contributed by atoms with Gasteiger partial charge in [0, 0.05) is 24.2 Å². The lowest BCUT2D eigenvalue weighted by molar-refractivity contribution is 0.112. The minimum Gasteiger partial charge on any atom is -0.298 e. The number of carbonyl (C=O) groups excluding carboxylic acids is 1. The van der Waals surface area contributed by atoms with Gasteiger partial charge in [-0.2, -0.15) is 0 Å². The largest absolute Gasteiger partial charge is 0.298 e. The SMILES string of the molecule is [2H]C(=O)c1cc(-c2c([2H])c([2H])c([2H])c([2H])c2[2H])n(S(=O)(=O)c2cccnc2)c1. The fourth-order valence-electron chi connectivity index (χ4n) is 1.87. The molecule has 22 heavy (non-hydrogen) atoms. The summed E-state index contributed by atoms with van der Waals surface area (Å²) in [5.41, 5.74) is -1.03. The Morgan fingerprint density at radius 1 is 1.27 bits per heavy atom. The van der Waals surface area contributed by atoms with Crippen molar-refractivity contribution in [1.29, 1.82) is 0 Å². The van der Waals surface area contributed by atoms with Crippen LogP contribution in [0.15, 0.2) is 71.9 Å². The maximum Gasteiger partial charge on any atom is 0.269 e. The molecule has 0 fully saturated rings. The van der Waals surface area contributed by atoms with E-state index in [2.05, 4.69) is 4.98 Å². The van der Waals surface area contributed by atoms with Gasteiger partial charge in [0.05, 0.1) is 12.5 Å². The van der Waals surface area contributed by atoms with Gasteiger partial charge in [0.15, 0.2) is 6.26 Å². The molecule has 0 unspecified atom stereocenters. The van der Waals surface area contributed by atoms with E-state index in [1.165, 1.54) is 18.3 Å². The number of carbonyl (C=O) groups is 1. The van der Waals surface area contributed by atoms with E-state index in [1.807, 2.05) is 0 Å². The number of nitrogens with zero attached hydrogens (tertiary/aromatic N) is 2. The summed E-state index contributed by atoms with van der Waals surface area (Å²) in [4.78, 5) is 15.0. The van der Waals surface area contributed by atoms with Crippen LogP contribution < -0.4 is 0 Å². The van der Waals surface area contributed by atoms with Crippen LogP contribution in [0.4, 0.5) is 0 Å². The summed E-state index contributed by atoms with van der Waals surface area (Å²) >= 11 is 0. The molecular formula is C16H12N2O3S. The third-order valence-corrected chi connectivity index (χ3v) is 4.51. The summed E-state index contributed by atoms with van der Waals surface area (Å²) < 4.78 is 73.3. The quantitative estimate of drug-likeness (QED) is 0.693. The van der Waals surface area contributed by atoms with E-state index >= 15 is 0 Å². The highest BCUT2D eigenvalue weighted by Crippen LogP contribution is 2.26. The summed E-state index contributed by atoms with van der Waals surface area (Å²) in [6.07, 6.45) is 2.13. The van der Waals surface area contributed by atoms with Gasteiger partial charge in [-0.3, -0.25) is 9.78 Å². The molecule has 0 aliphatic carbocycles. The molecule has 0 bridgehead atoms. The lowest BCUT2D eigenvalue weighted by atomic mass is 10.1. The van der Waals surface area contributed by atoms with Crippen molar-refractivity contribution in [3.8, 4) is 11.3 Å². The van der Waals surface area contributed by atoms with Crippen LogP contribution >= 0.6 is 0 Å². The van der Waals surface area contributed by atoms with Crippen LogP contribution in [0, 0.1) is 0 Å². The molecule has 0 aliphatic heterocycles. The zero-order chi connectivity index (χ0) is 20.8. The third-order valence-electron chi connectivity index (χ3n) is 2.85. The molecule has 5 nitrogen and oxygen atoms in total. The first-order valence-electron chi connectivity index (χ1n) is 9.03. The van der Waals surface area contributed by atoms with Crippen molar-refractivity contribution in [3.63, 3.8) is 0 Å². The standard InChI is InChI=1S/C16H12N2O3S/c19-12-13-9-16(14-5-2-1-3-6-14)18(11-13)22(20,21)15-7-4-8-17-10-15/h1-12H/i1D,2D,3D,5D,6D,12D. The van der Waals surface area contributed by atoms with E-state index in [9.17, 15) is 13.2 Å². The topological polar surface area (TPSA) is 69.0 Å². The van der Waals surface area contributed by atoms with Crippen molar-refractivity contribution in [2.45, 2.75) is 4.90 Å². The lowest BCUT2D eigenvalue weighted by Gasteiger charge is -2.10. The maximum atomic E-state index is 13.0. The van der Waals surface area contributed by atoms with Gasteiger partial charge in [0.25, 0.3) is 10.0 Å². The van der Waals surface area contributed by atoms with Gasteiger partial charge in [-0.05, 0) is 23.8 Å². The second-order valence-corrected chi connectivity index (χ2v) is 6.02. The monoisotopic (exact) mass is 318 g/mol. The molecule has 0 saturated carbocycles. The Balaban J connectivity index is 2.41. The summed E-state index contributed by atoms with van der Waals surface area (Å²) in [5.74, 6) is 0. The van der Waals surface area contributed by atoms with Gasteiger partial charge in [0.2, 0.25) is 0 Å². The van der Waals surface area contributed by atoms with Crippen molar-refractivity contribution in [1.82, 2.24) is 8.96 Å². The average Bonchev–Trinajstić information content (AvgIpc) is 3.12. The first-order valence-corrected chi connectivity index (χ1v) is 7.47. The first-order chi connectivity index (χ1) is 13.1. The Labute approximate surface area is 136 Å². The van der Waals surface area contributed by atoms with Crippen molar-refractivity contribution >= 4 is 16.3 Å². The molecular weight excluding hydrogens is 300 g/mol. The van der Waals surface area contributed by atoms with E-state index in [0.717, 1.165) is 18.5 Å². The Kier molecular flexibility index (Phi) is 2.19. The van der Waals surface area contributed by atoms with Gasteiger partial charge < -0.3 is 0 Å². The Bertz CT molecular complexity index is 1180. The Hall–Kier alpha value is -2.73. The van der Waals surface area contributed by atoms with E-state index in [4.69, 9.17) is 8.22 Å². The number of benzene rings is 1. The molecule has 2 aromatic heterocycles. The highest BCUT2D eigenvalue weighted by molar-refractivity contribution is 7.90. The Morgan fingerprint density at radius 2 is 2.05 bits per heavy atom. The Morgan fingerprint density at radius 3 is 2.68 bits per heavy atom. The number of hydrogen-bond acceptors (Lipinski definition) is 4. The van der Waals surface area contributed by atoms with Crippen LogP contribution in [0.5, 0.6) is 0 Å². The highest BCUT2D eigenvalue weighted by Gasteiger charge is 2.21. The molecule has 0 radical (unpaired) electrons. The molecule has 0 saturated heterocycles. The van der Waals surface area contributed by atoms with Gasteiger partial charge in [-0.25, -0.2) is 12.4 Å². The van der Waals surface area contributed by atoms with Crippen molar-refractivity contribution in [2.24, 2.45) is 0 Å². The zero-order valence-corrected chi connectivity index (χ0v) is 11.8. The first kappa shape index (κ1) is 8.65. The van der Waals surface area contributed by atoms with Gasteiger partial charge in [-0.15, -0.1) is 0 Å². The maximum absolute atomic E-state index is 13.0. The minimum atomic E-state index is -4.32. The van der Waals surface area contributed by atoms with Gasteiger partial charge >= 0.3 is 0 Å². The molecule has 0 aliphatic rings. The fraction of sp³-hybridized carbons (Fsp3) is 0. The second kappa shape index (κ2) is 5.57. The molecule has 3 aromatic rings. The predicted octanol–water partition coefficient (Wildman–Crippen LogP) is 2.60. The average molecular weight is 318 g/mol. The van der Waals surface area contributed by atoms with Crippen LogP contribution in [0.25, 0.3) is 11.3 Å². The van der Waals surface area contributed by atoms with Crippen LogP contribution in [0.1, 0.15) is 18.6 Å². The predicted molar refractivity (Wildman–Crippen MR) is 82.1 cm³/mol. The second-order valence-electron chi connectivity index (χ2n) is 4.21. The van der Waals surface area contributed by atoms with Gasteiger partial charge in [0.1, 0.15) is 6.27 Å². The van der Waals surface area contributed by atoms with Crippen LogP contribution in [-0.4, -0.2) is 23.6 Å². The zero-order valence-electron chi connectivity index (χ0n) is 17.0. The number of pyridine rings is 1. The fourth-order valence-corrected chi connectivity index (χ4v) is 3.20. The van der Waals surface area contributed by atoms with Crippen LogP contribution in [-0.2, 0) is 10.0 Å². The number of rotatable bonds is 4. The van der Waals surface area contributed by atoms with E-state index in [0.29, 0.717) is 3.97 Å². The molecule has 0 atom stereocenters. The molecule has 0 N–H and O–H groups in total. The normalized spacial score (nSPS) is 15.1. The third kappa shape index (κ3) is 2.44. The summed E-state index contributed by atoms with van der Waals surface area (Å²) in [5, 5.41) is 0. The van der Waals surface area contributed by atoms with Crippen molar-refractivity contribution in [2.75, 3.05) is 0 Å².